The maximum absolute atomic E-state index is 11.6. The van der Waals surface area contributed by atoms with Gasteiger partial charge in [0.15, 0.2) is 11.5 Å². The zero-order valence-electron chi connectivity index (χ0n) is 14.2. The molecule has 0 saturated heterocycles. The van der Waals surface area contributed by atoms with Crippen molar-refractivity contribution in [2.24, 2.45) is 0 Å². The highest BCUT2D eigenvalue weighted by Crippen LogP contribution is 2.26. The van der Waals surface area contributed by atoms with Crippen LogP contribution in [-0.4, -0.2) is 58.4 Å². The van der Waals surface area contributed by atoms with Gasteiger partial charge in [-0.05, 0) is 30.2 Å². The molecule has 138 valence electrons. The Bertz CT molecular complexity index is 609. The number of rotatable bonds is 9. The van der Waals surface area contributed by atoms with Crippen LogP contribution in [0.25, 0.3) is 6.08 Å². The third-order valence-corrected chi connectivity index (χ3v) is 3.33. The Hall–Kier alpha value is -2.35. The van der Waals surface area contributed by atoms with Gasteiger partial charge in [0, 0.05) is 6.08 Å². The Kier molecular flexibility index (Phi) is 8.69. The molecule has 0 heterocycles. The van der Waals surface area contributed by atoms with Crippen molar-refractivity contribution in [1.29, 1.82) is 0 Å². The molecular formula is C18H24O7. The van der Waals surface area contributed by atoms with E-state index in [2.05, 4.69) is 0 Å². The number of methoxy groups -OCH3 is 1. The van der Waals surface area contributed by atoms with E-state index in [0.29, 0.717) is 12.0 Å². The molecule has 1 aromatic carbocycles. The topological polar surface area (TPSA) is 116 Å². The number of carbonyl (C=O) groups is 1. The lowest BCUT2D eigenvalue weighted by Crippen LogP contribution is -2.39. The number of aliphatic hydroxyl groups excluding tert-OH is 3. The lowest BCUT2D eigenvalue weighted by molar-refractivity contribution is -0.144. The standard InChI is InChI=1S/C18H24O7/c1-3-4-5-14(20)18(23)15(21)11-25-17(22)9-7-12-6-8-13(19)16(10-12)24-2/h4-10,14-15,18-21,23H,3,11H2,1-2H3/b5-4+,9-7+. The van der Waals surface area contributed by atoms with E-state index in [1.54, 1.807) is 12.1 Å². The predicted octanol–water partition coefficient (Wildman–Crippen LogP) is 1.01. The molecule has 0 bridgehead atoms. The minimum Gasteiger partial charge on any atom is -0.504 e. The van der Waals surface area contributed by atoms with E-state index in [0.717, 1.165) is 6.08 Å². The molecule has 0 amide bonds. The summed E-state index contributed by atoms with van der Waals surface area (Å²) in [6.45, 7) is 1.41. The van der Waals surface area contributed by atoms with E-state index in [1.807, 2.05) is 6.92 Å². The smallest absolute Gasteiger partial charge is 0.330 e. The molecule has 0 saturated carbocycles. The maximum atomic E-state index is 11.6. The molecule has 0 fully saturated rings. The fraction of sp³-hybridized carbons (Fsp3) is 0.389. The summed E-state index contributed by atoms with van der Waals surface area (Å²) in [5, 5.41) is 38.6. The zero-order chi connectivity index (χ0) is 18.8. The van der Waals surface area contributed by atoms with Gasteiger partial charge in [-0.25, -0.2) is 4.79 Å². The Balaban J connectivity index is 2.52. The molecule has 3 unspecified atom stereocenters. The fourth-order valence-corrected chi connectivity index (χ4v) is 1.89. The van der Waals surface area contributed by atoms with Gasteiger partial charge in [-0.1, -0.05) is 25.1 Å². The van der Waals surface area contributed by atoms with Crippen molar-refractivity contribution in [1.82, 2.24) is 0 Å². The summed E-state index contributed by atoms with van der Waals surface area (Å²) in [4.78, 5) is 11.6. The van der Waals surface area contributed by atoms with Crippen LogP contribution >= 0.6 is 0 Å². The minimum atomic E-state index is -1.46. The Morgan fingerprint density at radius 1 is 1.28 bits per heavy atom. The number of benzene rings is 1. The molecule has 1 rings (SSSR count). The van der Waals surface area contributed by atoms with E-state index < -0.39 is 30.9 Å². The second-order valence-corrected chi connectivity index (χ2v) is 5.28. The van der Waals surface area contributed by atoms with Crippen LogP contribution in [-0.2, 0) is 9.53 Å². The fourth-order valence-electron chi connectivity index (χ4n) is 1.89. The van der Waals surface area contributed by atoms with Gasteiger partial charge in [-0.3, -0.25) is 0 Å². The summed E-state index contributed by atoms with van der Waals surface area (Å²) < 4.78 is 9.79. The van der Waals surface area contributed by atoms with Crippen molar-refractivity contribution < 1.29 is 34.7 Å². The molecule has 0 radical (unpaired) electrons. The molecule has 25 heavy (non-hydrogen) atoms. The van der Waals surface area contributed by atoms with E-state index >= 15 is 0 Å². The van der Waals surface area contributed by atoms with Crippen LogP contribution in [0.1, 0.15) is 18.9 Å². The monoisotopic (exact) mass is 352 g/mol. The third kappa shape index (κ3) is 6.96. The molecule has 0 aliphatic rings. The van der Waals surface area contributed by atoms with Crippen LogP contribution in [0.5, 0.6) is 11.5 Å². The highest BCUT2D eigenvalue weighted by molar-refractivity contribution is 5.87. The van der Waals surface area contributed by atoms with Gasteiger partial charge < -0.3 is 29.9 Å². The SMILES string of the molecule is CC/C=C/C(O)C(O)C(O)COC(=O)/C=C/c1ccc(O)c(OC)c1. The lowest BCUT2D eigenvalue weighted by Gasteiger charge is -2.20. The van der Waals surface area contributed by atoms with Crippen LogP contribution in [0.15, 0.2) is 36.4 Å². The van der Waals surface area contributed by atoms with Gasteiger partial charge in [0.25, 0.3) is 0 Å². The summed E-state index contributed by atoms with van der Waals surface area (Å²) in [5.41, 5.74) is 0.604. The van der Waals surface area contributed by atoms with E-state index in [1.165, 1.54) is 31.4 Å². The number of phenols is 1. The average molecular weight is 352 g/mol. The second-order valence-electron chi connectivity index (χ2n) is 5.28. The number of ether oxygens (including phenoxy) is 2. The number of hydrogen-bond donors (Lipinski definition) is 4. The average Bonchev–Trinajstić information content (AvgIpc) is 2.62. The first-order chi connectivity index (χ1) is 11.9. The number of aromatic hydroxyl groups is 1. The minimum absolute atomic E-state index is 0.0185. The van der Waals surface area contributed by atoms with Gasteiger partial charge in [0.1, 0.15) is 24.9 Å². The summed E-state index contributed by atoms with van der Waals surface area (Å²) in [7, 11) is 1.41. The Morgan fingerprint density at radius 2 is 2.00 bits per heavy atom. The summed E-state index contributed by atoms with van der Waals surface area (Å²) in [6.07, 6.45) is 2.18. The first-order valence-electron chi connectivity index (χ1n) is 7.81. The third-order valence-electron chi connectivity index (χ3n) is 3.33. The van der Waals surface area contributed by atoms with Gasteiger partial charge in [-0.2, -0.15) is 0 Å². The Labute approximate surface area is 146 Å². The molecule has 7 nitrogen and oxygen atoms in total. The molecule has 4 N–H and O–H groups in total. The van der Waals surface area contributed by atoms with Gasteiger partial charge in [-0.15, -0.1) is 0 Å². The summed E-state index contributed by atoms with van der Waals surface area (Å²) in [6, 6.07) is 4.54. The molecule has 7 heteroatoms. The Morgan fingerprint density at radius 3 is 2.64 bits per heavy atom. The maximum Gasteiger partial charge on any atom is 0.330 e. The number of carbonyl (C=O) groups excluding carboxylic acids is 1. The predicted molar refractivity (Wildman–Crippen MR) is 92.1 cm³/mol. The van der Waals surface area contributed by atoms with Crippen LogP contribution in [0.4, 0.5) is 0 Å². The van der Waals surface area contributed by atoms with Crippen molar-refractivity contribution in [3.05, 3.63) is 42.0 Å². The van der Waals surface area contributed by atoms with Gasteiger partial charge in [0.2, 0.25) is 0 Å². The highest BCUT2D eigenvalue weighted by atomic mass is 16.5. The van der Waals surface area contributed by atoms with Crippen LogP contribution < -0.4 is 4.74 Å². The molecule has 0 aliphatic heterocycles. The number of hydrogen-bond acceptors (Lipinski definition) is 7. The second kappa shape index (κ2) is 10.5. The van der Waals surface area contributed by atoms with Crippen molar-refractivity contribution >= 4 is 12.0 Å². The van der Waals surface area contributed by atoms with Crippen LogP contribution in [0.3, 0.4) is 0 Å². The number of esters is 1. The van der Waals surface area contributed by atoms with Crippen molar-refractivity contribution in [2.45, 2.75) is 31.7 Å². The summed E-state index contributed by atoms with van der Waals surface area (Å²) in [5.74, 6) is -0.477. The molecule has 1 aromatic rings. The normalized spacial score (nSPS) is 15.2. The first kappa shape index (κ1) is 20.7. The number of aliphatic hydroxyl groups is 3. The summed E-state index contributed by atoms with van der Waals surface area (Å²) >= 11 is 0. The van der Waals surface area contributed by atoms with Crippen molar-refractivity contribution in [3.63, 3.8) is 0 Å². The largest absolute Gasteiger partial charge is 0.504 e. The molecule has 0 aromatic heterocycles. The van der Waals surface area contributed by atoms with E-state index in [-0.39, 0.29) is 11.5 Å². The molecule has 0 aliphatic carbocycles. The van der Waals surface area contributed by atoms with E-state index in [9.17, 15) is 25.2 Å². The van der Waals surface area contributed by atoms with E-state index in [4.69, 9.17) is 9.47 Å². The van der Waals surface area contributed by atoms with Crippen LogP contribution in [0.2, 0.25) is 0 Å². The molecular weight excluding hydrogens is 328 g/mol. The highest BCUT2D eigenvalue weighted by Gasteiger charge is 2.23. The van der Waals surface area contributed by atoms with Gasteiger partial charge in [0.05, 0.1) is 7.11 Å². The first-order valence-corrected chi connectivity index (χ1v) is 7.81. The zero-order valence-corrected chi connectivity index (χ0v) is 14.2. The van der Waals surface area contributed by atoms with Crippen LogP contribution in [0, 0.1) is 0 Å². The van der Waals surface area contributed by atoms with Crippen molar-refractivity contribution in [3.8, 4) is 11.5 Å². The molecule has 3 atom stereocenters. The molecule has 0 spiro atoms. The number of allylic oxidation sites excluding steroid dienone is 1. The van der Waals surface area contributed by atoms with Gasteiger partial charge >= 0.3 is 5.97 Å². The van der Waals surface area contributed by atoms with Crippen molar-refractivity contribution in [2.75, 3.05) is 13.7 Å². The lowest BCUT2D eigenvalue weighted by atomic mass is 10.1. The number of phenolic OH excluding ortho intramolecular Hbond substituents is 1. The quantitative estimate of drug-likeness (QED) is 0.298.